The van der Waals surface area contributed by atoms with E-state index in [1.165, 1.54) is 43.4 Å². The van der Waals surface area contributed by atoms with Gasteiger partial charge in [0.15, 0.2) is 4.80 Å². The van der Waals surface area contributed by atoms with Crippen LogP contribution in [0.3, 0.4) is 0 Å². The number of carbonyl (C=O) groups is 1. The first kappa shape index (κ1) is 15.4. The molecule has 0 unspecified atom stereocenters. The molecule has 4 bridgehead atoms. The third-order valence-electron chi connectivity index (χ3n) is 5.91. The maximum Gasteiger partial charge on any atom is 0.343 e. The predicted octanol–water partition coefficient (Wildman–Crippen LogP) is 2.63. The van der Waals surface area contributed by atoms with Gasteiger partial charge >= 0.3 is 6.03 Å². The van der Waals surface area contributed by atoms with Crippen molar-refractivity contribution in [1.82, 2.24) is 9.88 Å². The number of aromatic nitrogens is 1. The van der Waals surface area contributed by atoms with Gasteiger partial charge in [-0.3, -0.25) is 0 Å². The van der Waals surface area contributed by atoms with Gasteiger partial charge in [0.25, 0.3) is 0 Å². The van der Waals surface area contributed by atoms with Crippen molar-refractivity contribution >= 4 is 17.4 Å². The van der Waals surface area contributed by atoms with Crippen molar-refractivity contribution in [3.63, 3.8) is 0 Å². The summed E-state index contributed by atoms with van der Waals surface area (Å²) in [5, 5.41) is 5.20. The van der Waals surface area contributed by atoms with Crippen molar-refractivity contribution in [2.45, 2.75) is 44.7 Å². The summed E-state index contributed by atoms with van der Waals surface area (Å²) in [7, 11) is 1.68. The van der Waals surface area contributed by atoms with Crippen LogP contribution in [0, 0.1) is 23.7 Å². The van der Waals surface area contributed by atoms with Crippen LogP contribution in [-0.2, 0) is 11.3 Å². The molecule has 1 aromatic rings. The second kappa shape index (κ2) is 6.40. The zero-order valence-corrected chi connectivity index (χ0v) is 14.4. The highest BCUT2D eigenvalue weighted by atomic mass is 32.1. The third kappa shape index (κ3) is 3.11. The van der Waals surface area contributed by atoms with E-state index in [2.05, 4.69) is 10.3 Å². The highest BCUT2D eigenvalue weighted by Crippen LogP contribution is 2.53. The van der Waals surface area contributed by atoms with Crippen LogP contribution in [0.5, 0.6) is 0 Å². The van der Waals surface area contributed by atoms with Crippen LogP contribution in [0.15, 0.2) is 16.6 Å². The average molecular weight is 335 g/mol. The van der Waals surface area contributed by atoms with E-state index in [1.54, 1.807) is 7.11 Å². The lowest BCUT2D eigenvalue weighted by atomic mass is 9.54. The normalized spacial score (nSPS) is 35.7. The Balaban J connectivity index is 1.44. The predicted molar refractivity (Wildman–Crippen MR) is 89.1 cm³/mol. The van der Waals surface area contributed by atoms with Gasteiger partial charge in [-0.05, 0) is 55.8 Å². The van der Waals surface area contributed by atoms with Gasteiger partial charge in [0.05, 0.1) is 6.61 Å². The number of methoxy groups -OCH3 is 1. The number of amides is 2. The summed E-state index contributed by atoms with van der Waals surface area (Å²) < 4.78 is 7.08. The minimum atomic E-state index is -0.170. The SMILES string of the molecule is COCCn1ccs/c1=N\C(=O)NC1C2CC3CC(C2)CC1C3. The molecule has 1 aromatic heterocycles. The van der Waals surface area contributed by atoms with E-state index >= 15 is 0 Å². The minimum absolute atomic E-state index is 0.170. The minimum Gasteiger partial charge on any atom is -0.383 e. The monoisotopic (exact) mass is 335 g/mol. The highest BCUT2D eigenvalue weighted by Gasteiger charge is 2.48. The van der Waals surface area contributed by atoms with E-state index in [4.69, 9.17) is 4.74 Å². The van der Waals surface area contributed by atoms with E-state index in [-0.39, 0.29) is 6.03 Å². The Kier molecular flexibility index (Phi) is 4.28. The van der Waals surface area contributed by atoms with Gasteiger partial charge in [0.1, 0.15) is 0 Å². The zero-order valence-electron chi connectivity index (χ0n) is 13.6. The van der Waals surface area contributed by atoms with E-state index < -0.39 is 0 Å². The van der Waals surface area contributed by atoms with Crippen molar-refractivity contribution in [2.75, 3.05) is 13.7 Å². The molecule has 23 heavy (non-hydrogen) atoms. The Morgan fingerprint density at radius 3 is 2.65 bits per heavy atom. The largest absolute Gasteiger partial charge is 0.383 e. The van der Waals surface area contributed by atoms with Crippen LogP contribution in [0.1, 0.15) is 32.1 Å². The van der Waals surface area contributed by atoms with Gasteiger partial charge in [-0.1, -0.05) is 0 Å². The number of rotatable bonds is 4. The molecule has 5 rings (SSSR count). The van der Waals surface area contributed by atoms with Crippen LogP contribution in [0.2, 0.25) is 0 Å². The molecule has 0 atom stereocenters. The summed E-state index contributed by atoms with van der Waals surface area (Å²) >= 11 is 1.50. The molecular weight excluding hydrogens is 310 g/mol. The molecule has 6 heteroatoms. The molecule has 4 saturated carbocycles. The van der Waals surface area contributed by atoms with E-state index in [0.717, 1.165) is 23.2 Å². The fraction of sp³-hybridized carbons (Fsp3) is 0.765. The van der Waals surface area contributed by atoms with Gasteiger partial charge in [0.2, 0.25) is 0 Å². The summed E-state index contributed by atoms with van der Waals surface area (Å²) in [6.45, 7) is 1.35. The van der Waals surface area contributed by atoms with Gasteiger partial charge in [-0.15, -0.1) is 11.3 Å². The Hall–Kier alpha value is -1.14. The number of ether oxygens (including phenoxy) is 1. The topological polar surface area (TPSA) is 55.6 Å². The smallest absolute Gasteiger partial charge is 0.343 e. The van der Waals surface area contributed by atoms with Gasteiger partial charge in [-0.25, -0.2) is 4.79 Å². The second-order valence-corrected chi connectivity index (χ2v) is 8.26. The number of carbonyl (C=O) groups excluding carboxylic acids is 1. The number of nitrogens with one attached hydrogen (secondary N) is 1. The van der Waals surface area contributed by atoms with Crippen LogP contribution in [0.25, 0.3) is 0 Å². The van der Waals surface area contributed by atoms with Crippen LogP contribution >= 0.6 is 11.3 Å². The van der Waals surface area contributed by atoms with E-state index in [9.17, 15) is 4.79 Å². The van der Waals surface area contributed by atoms with Crippen molar-refractivity contribution in [1.29, 1.82) is 0 Å². The molecule has 0 aliphatic heterocycles. The Labute approximate surface area is 140 Å². The third-order valence-corrected chi connectivity index (χ3v) is 6.70. The Morgan fingerprint density at radius 2 is 2.00 bits per heavy atom. The molecule has 4 aliphatic rings. The first-order valence-corrected chi connectivity index (χ1v) is 9.59. The van der Waals surface area contributed by atoms with Crippen molar-refractivity contribution in [2.24, 2.45) is 28.7 Å². The van der Waals surface area contributed by atoms with Crippen LogP contribution in [-0.4, -0.2) is 30.4 Å². The number of hydrogen-bond donors (Lipinski definition) is 1. The number of urea groups is 1. The number of hydrogen-bond acceptors (Lipinski definition) is 3. The molecule has 0 radical (unpaired) electrons. The first-order valence-electron chi connectivity index (χ1n) is 8.71. The average Bonchev–Trinajstić information content (AvgIpc) is 2.95. The summed E-state index contributed by atoms with van der Waals surface area (Å²) in [5.74, 6) is 3.23. The summed E-state index contributed by atoms with van der Waals surface area (Å²) in [4.78, 5) is 17.5. The summed E-state index contributed by atoms with van der Waals surface area (Å²) in [5.41, 5.74) is 0. The summed E-state index contributed by atoms with van der Waals surface area (Å²) in [6, 6.07) is 0.183. The number of nitrogens with zero attached hydrogens (tertiary/aromatic N) is 2. The molecule has 2 amide bonds. The van der Waals surface area contributed by atoms with E-state index in [1.807, 2.05) is 16.1 Å². The molecule has 126 valence electrons. The number of thiazole rings is 1. The molecule has 1 heterocycles. The van der Waals surface area contributed by atoms with Crippen molar-refractivity contribution in [3.05, 3.63) is 16.4 Å². The van der Waals surface area contributed by atoms with Crippen molar-refractivity contribution < 1.29 is 9.53 Å². The fourth-order valence-electron chi connectivity index (χ4n) is 5.17. The molecule has 4 aliphatic carbocycles. The highest BCUT2D eigenvalue weighted by molar-refractivity contribution is 7.07. The first-order chi connectivity index (χ1) is 11.2. The summed E-state index contributed by atoms with van der Waals surface area (Å²) in [6.07, 6.45) is 8.64. The maximum absolute atomic E-state index is 12.4. The van der Waals surface area contributed by atoms with E-state index in [0.29, 0.717) is 24.5 Å². The van der Waals surface area contributed by atoms with Crippen LogP contribution < -0.4 is 10.1 Å². The lowest BCUT2D eigenvalue weighted by molar-refractivity contribution is -0.00904. The molecule has 0 saturated heterocycles. The zero-order chi connectivity index (χ0) is 15.8. The molecule has 1 N–H and O–H groups in total. The molecule has 4 fully saturated rings. The lowest BCUT2D eigenvalue weighted by Gasteiger charge is -2.54. The van der Waals surface area contributed by atoms with Gasteiger partial charge in [-0.2, -0.15) is 4.99 Å². The van der Waals surface area contributed by atoms with Gasteiger partial charge < -0.3 is 14.6 Å². The second-order valence-electron chi connectivity index (χ2n) is 7.39. The Bertz CT molecular complexity index is 608. The fourth-order valence-corrected chi connectivity index (χ4v) is 5.92. The molecule has 0 aromatic carbocycles. The Morgan fingerprint density at radius 1 is 1.30 bits per heavy atom. The van der Waals surface area contributed by atoms with Gasteiger partial charge in [0, 0.05) is 31.3 Å². The maximum atomic E-state index is 12.4. The molecule has 5 nitrogen and oxygen atoms in total. The van der Waals surface area contributed by atoms with Crippen LogP contribution in [0.4, 0.5) is 4.79 Å². The standard InChI is InChI=1S/C17H25N3O2S/c1-22-4-2-20-3-5-23-17(20)19-16(21)18-15-13-7-11-6-12(9-13)10-14(15)8-11/h3,5,11-15H,2,4,6-10H2,1H3,(H,18,21)/b19-17-. The molecule has 0 spiro atoms. The lowest BCUT2D eigenvalue weighted by Crippen LogP contribution is -2.55. The van der Waals surface area contributed by atoms with Crippen molar-refractivity contribution in [3.8, 4) is 0 Å². The molecular formula is C17H25N3O2S. The quantitative estimate of drug-likeness (QED) is 0.919.